The van der Waals surface area contributed by atoms with Crippen molar-refractivity contribution in [3.63, 3.8) is 0 Å². The van der Waals surface area contributed by atoms with Crippen LogP contribution in [0.1, 0.15) is 5.56 Å². The average molecular weight is 332 g/mol. The maximum atomic E-state index is 9.75. The van der Waals surface area contributed by atoms with Crippen molar-refractivity contribution in [3.8, 4) is 39.4 Å². The first-order chi connectivity index (χ1) is 12.9. The van der Waals surface area contributed by atoms with E-state index in [4.69, 9.17) is 0 Å². The molecule has 0 saturated heterocycles. The Morgan fingerprint density at radius 2 is 1.35 bits per heavy atom. The van der Waals surface area contributed by atoms with Gasteiger partial charge < -0.3 is 0 Å². The lowest BCUT2D eigenvalue weighted by molar-refractivity contribution is 1.33. The van der Waals surface area contributed by atoms with Crippen LogP contribution in [0.2, 0.25) is 0 Å². The maximum absolute atomic E-state index is 9.75. The largest absolute Gasteiger partial charge is 0.264 e. The Labute approximate surface area is 153 Å². The van der Waals surface area contributed by atoms with E-state index in [1.54, 1.807) is 6.20 Å². The highest BCUT2D eigenvalue weighted by Crippen LogP contribution is 2.35. The fourth-order valence-electron chi connectivity index (χ4n) is 3.17. The molecule has 2 nitrogen and oxygen atoms in total. The molecule has 0 radical (unpaired) electrons. The summed E-state index contributed by atoms with van der Waals surface area (Å²) in [4.78, 5) is 4.23. The van der Waals surface area contributed by atoms with Crippen molar-refractivity contribution in [1.29, 1.82) is 5.26 Å². The number of hydrogen-bond acceptors (Lipinski definition) is 2. The molecule has 0 N–H and O–H groups in total. The smallest absolute Gasteiger partial charge is 0.0998 e. The first-order valence-electron chi connectivity index (χ1n) is 8.46. The van der Waals surface area contributed by atoms with Gasteiger partial charge in [0.15, 0.2) is 0 Å². The van der Waals surface area contributed by atoms with Gasteiger partial charge in [0.25, 0.3) is 0 Å². The summed E-state index contributed by atoms with van der Waals surface area (Å²) in [5.41, 5.74) is 6.91. The Kier molecular flexibility index (Phi) is 4.28. The molecule has 0 aliphatic carbocycles. The summed E-state index contributed by atoms with van der Waals surface area (Å²) >= 11 is 0. The first kappa shape index (κ1) is 15.8. The summed E-state index contributed by atoms with van der Waals surface area (Å²) in [5.74, 6) is 0. The van der Waals surface area contributed by atoms with Gasteiger partial charge in [0.1, 0.15) is 0 Å². The molecular weight excluding hydrogens is 316 g/mol. The third-order valence-corrected chi connectivity index (χ3v) is 4.44. The molecule has 1 heterocycles. The van der Waals surface area contributed by atoms with Crippen molar-refractivity contribution in [2.75, 3.05) is 0 Å². The van der Waals surface area contributed by atoms with Crippen molar-refractivity contribution in [2.24, 2.45) is 0 Å². The van der Waals surface area contributed by atoms with Gasteiger partial charge in [0, 0.05) is 23.5 Å². The number of nitrogens with zero attached hydrogens (tertiary/aromatic N) is 2. The van der Waals surface area contributed by atoms with E-state index in [2.05, 4.69) is 41.4 Å². The number of benzene rings is 3. The Balaban J connectivity index is 1.86. The standard InChI is InChI=1S/C24H16N2/c25-16-21-15-19(18-7-2-1-3-8-18)12-13-23(21)24-11-5-4-10-22(24)20-9-6-14-26-17-20/h1-15,17H. The van der Waals surface area contributed by atoms with Crippen LogP contribution in [0.3, 0.4) is 0 Å². The molecule has 0 bridgehead atoms. The molecule has 0 atom stereocenters. The fraction of sp³-hybridized carbons (Fsp3) is 0. The van der Waals surface area contributed by atoms with Gasteiger partial charge in [-0.2, -0.15) is 5.26 Å². The normalized spacial score (nSPS) is 10.3. The molecule has 0 aliphatic heterocycles. The third kappa shape index (κ3) is 2.99. The second-order valence-corrected chi connectivity index (χ2v) is 6.03. The Morgan fingerprint density at radius 3 is 2.08 bits per heavy atom. The lowest BCUT2D eigenvalue weighted by Gasteiger charge is -2.12. The van der Waals surface area contributed by atoms with Crippen LogP contribution in [0.25, 0.3) is 33.4 Å². The molecule has 122 valence electrons. The minimum Gasteiger partial charge on any atom is -0.264 e. The molecule has 4 aromatic rings. The lowest BCUT2D eigenvalue weighted by atomic mass is 9.91. The SMILES string of the molecule is N#Cc1cc(-c2ccccc2)ccc1-c1ccccc1-c1cccnc1. The monoisotopic (exact) mass is 332 g/mol. The quantitative estimate of drug-likeness (QED) is 0.464. The lowest BCUT2D eigenvalue weighted by Crippen LogP contribution is -1.90. The Hall–Kier alpha value is -3.70. The highest BCUT2D eigenvalue weighted by molar-refractivity contribution is 5.87. The Morgan fingerprint density at radius 1 is 0.615 bits per heavy atom. The minimum atomic E-state index is 0.669. The second kappa shape index (κ2) is 7.04. The second-order valence-electron chi connectivity index (χ2n) is 6.03. The number of hydrogen-bond donors (Lipinski definition) is 0. The van der Waals surface area contributed by atoms with E-state index in [9.17, 15) is 5.26 Å². The van der Waals surface area contributed by atoms with Crippen LogP contribution in [0.5, 0.6) is 0 Å². The molecule has 0 unspecified atom stereocenters. The summed E-state index contributed by atoms with van der Waals surface area (Å²) in [5, 5.41) is 9.75. The van der Waals surface area contributed by atoms with Gasteiger partial charge in [-0.25, -0.2) is 0 Å². The zero-order chi connectivity index (χ0) is 17.8. The molecule has 26 heavy (non-hydrogen) atoms. The highest BCUT2D eigenvalue weighted by Gasteiger charge is 2.12. The van der Waals surface area contributed by atoms with Crippen LogP contribution < -0.4 is 0 Å². The van der Waals surface area contributed by atoms with Crippen LogP contribution in [0.4, 0.5) is 0 Å². The van der Waals surface area contributed by atoms with Gasteiger partial charge in [-0.15, -0.1) is 0 Å². The summed E-state index contributed by atoms with van der Waals surface area (Å²) < 4.78 is 0. The molecular formula is C24H16N2. The summed E-state index contributed by atoms with van der Waals surface area (Å²) in [6.45, 7) is 0. The van der Waals surface area contributed by atoms with Crippen molar-refractivity contribution >= 4 is 0 Å². The van der Waals surface area contributed by atoms with E-state index >= 15 is 0 Å². The van der Waals surface area contributed by atoms with E-state index in [1.807, 2.05) is 60.8 Å². The van der Waals surface area contributed by atoms with E-state index in [0.29, 0.717) is 5.56 Å². The van der Waals surface area contributed by atoms with Crippen LogP contribution in [-0.2, 0) is 0 Å². The van der Waals surface area contributed by atoms with Crippen molar-refractivity contribution in [1.82, 2.24) is 4.98 Å². The molecule has 1 aromatic heterocycles. The summed E-state index contributed by atoms with van der Waals surface area (Å²) in [6.07, 6.45) is 3.62. The van der Waals surface area contributed by atoms with Crippen LogP contribution >= 0.6 is 0 Å². The molecule has 0 amide bonds. The van der Waals surface area contributed by atoms with Crippen LogP contribution in [0, 0.1) is 11.3 Å². The fourth-order valence-corrected chi connectivity index (χ4v) is 3.17. The molecule has 0 saturated carbocycles. The third-order valence-electron chi connectivity index (χ3n) is 4.44. The van der Waals surface area contributed by atoms with E-state index in [1.165, 1.54) is 0 Å². The number of aromatic nitrogens is 1. The van der Waals surface area contributed by atoms with Crippen molar-refractivity contribution in [3.05, 3.63) is 103 Å². The maximum Gasteiger partial charge on any atom is 0.0998 e. The molecule has 4 rings (SSSR count). The average Bonchev–Trinajstić information content (AvgIpc) is 2.74. The van der Waals surface area contributed by atoms with Gasteiger partial charge in [-0.3, -0.25) is 4.98 Å². The van der Waals surface area contributed by atoms with Crippen LogP contribution in [-0.4, -0.2) is 4.98 Å². The zero-order valence-electron chi connectivity index (χ0n) is 14.1. The predicted molar refractivity (Wildman–Crippen MR) is 105 cm³/mol. The molecule has 2 heteroatoms. The number of rotatable bonds is 3. The summed E-state index contributed by atoms with van der Waals surface area (Å²) in [7, 11) is 0. The molecule has 0 spiro atoms. The Bertz CT molecular complexity index is 1080. The van der Waals surface area contributed by atoms with Gasteiger partial charge in [-0.1, -0.05) is 72.8 Å². The van der Waals surface area contributed by atoms with E-state index in [0.717, 1.165) is 33.4 Å². The molecule has 0 fully saturated rings. The van der Waals surface area contributed by atoms with Gasteiger partial charge in [0.2, 0.25) is 0 Å². The van der Waals surface area contributed by atoms with Crippen LogP contribution in [0.15, 0.2) is 97.3 Å². The van der Waals surface area contributed by atoms with Gasteiger partial charge in [-0.05, 0) is 34.4 Å². The minimum absolute atomic E-state index is 0.669. The number of pyridine rings is 1. The summed E-state index contributed by atoms with van der Waals surface area (Å²) in [6, 6.07) is 30.7. The van der Waals surface area contributed by atoms with Gasteiger partial charge in [0.05, 0.1) is 11.6 Å². The zero-order valence-corrected chi connectivity index (χ0v) is 14.1. The van der Waals surface area contributed by atoms with Gasteiger partial charge >= 0.3 is 0 Å². The molecule has 3 aromatic carbocycles. The van der Waals surface area contributed by atoms with Crippen molar-refractivity contribution < 1.29 is 0 Å². The highest BCUT2D eigenvalue weighted by atomic mass is 14.6. The van der Waals surface area contributed by atoms with E-state index in [-0.39, 0.29) is 0 Å². The first-order valence-corrected chi connectivity index (χ1v) is 8.46. The predicted octanol–water partition coefficient (Wildman–Crippen LogP) is 5.95. The topological polar surface area (TPSA) is 36.7 Å². The number of nitriles is 1. The molecule has 0 aliphatic rings. The van der Waals surface area contributed by atoms with E-state index < -0.39 is 0 Å². The van der Waals surface area contributed by atoms with Crippen molar-refractivity contribution in [2.45, 2.75) is 0 Å².